The van der Waals surface area contributed by atoms with Gasteiger partial charge in [-0.15, -0.1) is 0 Å². The van der Waals surface area contributed by atoms with Crippen molar-refractivity contribution in [2.24, 2.45) is 0 Å². The van der Waals surface area contributed by atoms with Crippen LogP contribution in [0.25, 0.3) is 0 Å². The van der Waals surface area contributed by atoms with E-state index >= 15 is 0 Å². The van der Waals surface area contributed by atoms with E-state index in [0.717, 1.165) is 0 Å². The topological polar surface area (TPSA) is 133 Å². The highest BCUT2D eigenvalue weighted by molar-refractivity contribution is 7.90. The highest BCUT2D eigenvalue weighted by atomic mass is 32.2. The zero-order valence-electron chi connectivity index (χ0n) is 14.9. The maximum absolute atomic E-state index is 12.6. The van der Waals surface area contributed by atoms with Gasteiger partial charge in [0.1, 0.15) is 17.2 Å². The SMILES string of the molecule is Cc1c(OCC(F)(F)F)ccnc1CNS(=O)(=O)[C@]1(O)Nc2cccc(O)c2N1. The van der Waals surface area contributed by atoms with Gasteiger partial charge in [0.05, 0.1) is 17.9 Å². The largest absolute Gasteiger partial charge is 0.506 e. The lowest BCUT2D eigenvalue weighted by Gasteiger charge is -2.24. The van der Waals surface area contributed by atoms with Gasteiger partial charge in [0.2, 0.25) is 0 Å². The molecule has 158 valence electrons. The fourth-order valence-corrected chi connectivity index (χ4v) is 3.63. The van der Waals surface area contributed by atoms with E-state index in [0.29, 0.717) is 0 Å². The van der Waals surface area contributed by atoms with Crippen LogP contribution in [0.5, 0.6) is 11.5 Å². The minimum atomic E-state index is -4.53. The van der Waals surface area contributed by atoms with Gasteiger partial charge >= 0.3 is 11.4 Å². The van der Waals surface area contributed by atoms with Crippen LogP contribution in [0.3, 0.4) is 0 Å². The van der Waals surface area contributed by atoms with E-state index in [-0.39, 0.29) is 34.1 Å². The van der Waals surface area contributed by atoms with Gasteiger partial charge in [-0.2, -0.15) is 13.2 Å². The lowest BCUT2D eigenvalue weighted by molar-refractivity contribution is -0.153. The quantitative estimate of drug-likeness (QED) is 0.433. The molecule has 0 fully saturated rings. The number of halogens is 3. The fraction of sp³-hybridized carbons (Fsp3) is 0.312. The first-order valence-corrected chi connectivity index (χ1v) is 9.64. The number of aromatic nitrogens is 1. The van der Waals surface area contributed by atoms with E-state index < -0.39 is 34.5 Å². The molecule has 0 amide bonds. The van der Waals surface area contributed by atoms with Crippen molar-refractivity contribution < 1.29 is 36.5 Å². The average molecular weight is 434 g/mol. The molecule has 3 rings (SSSR count). The molecule has 0 radical (unpaired) electrons. The van der Waals surface area contributed by atoms with E-state index in [1.165, 1.54) is 37.4 Å². The summed E-state index contributed by atoms with van der Waals surface area (Å²) in [4.78, 5) is 3.94. The van der Waals surface area contributed by atoms with E-state index in [9.17, 15) is 31.8 Å². The predicted molar refractivity (Wildman–Crippen MR) is 96.6 cm³/mol. The van der Waals surface area contributed by atoms with Gasteiger partial charge in [0, 0.05) is 11.8 Å². The zero-order valence-corrected chi connectivity index (χ0v) is 15.7. The van der Waals surface area contributed by atoms with E-state index in [1.807, 2.05) is 0 Å². The standard InChI is InChI=1S/C16H17F3N4O5S/c1-9-11(20-6-5-13(9)28-8-15(17,18)19)7-21-29(26,27)16(25)22-10-3-2-4-12(24)14(10)23-16/h2-6,21-25H,7-8H2,1H3/t16-/m1/s1. The van der Waals surface area contributed by atoms with E-state index in [1.54, 1.807) is 0 Å². The van der Waals surface area contributed by atoms with Crippen LogP contribution in [-0.2, 0) is 16.6 Å². The van der Waals surface area contributed by atoms with Crippen LogP contribution in [0, 0.1) is 6.92 Å². The Morgan fingerprint density at radius 1 is 1.28 bits per heavy atom. The minimum Gasteiger partial charge on any atom is -0.506 e. The minimum absolute atomic E-state index is 0.00257. The molecule has 1 atom stereocenters. The number of nitrogens with zero attached hydrogens (tertiary/aromatic N) is 1. The molecule has 0 bridgehead atoms. The number of hydrogen-bond acceptors (Lipinski definition) is 8. The number of rotatable bonds is 6. The molecule has 0 saturated heterocycles. The Morgan fingerprint density at radius 3 is 2.66 bits per heavy atom. The summed E-state index contributed by atoms with van der Waals surface area (Å²) in [6.07, 6.45) is -3.35. The summed E-state index contributed by atoms with van der Waals surface area (Å²) >= 11 is 0. The van der Waals surface area contributed by atoms with Crippen molar-refractivity contribution in [2.75, 3.05) is 17.2 Å². The first-order valence-electron chi connectivity index (χ1n) is 8.16. The van der Waals surface area contributed by atoms with Crippen LogP contribution in [0.4, 0.5) is 24.5 Å². The van der Waals surface area contributed by atoms with Crippen LogP contribution in [0.1, 0.15) is 11.3 Å². The first-order chi connectivity index (χ1) is 13.4. The molecule has 1 aliphatic rings. The van der Waals surface area contributed by atoms with Gasteiger partial charge in [-0.25, -0.2) is 13.1 Å². The number of benzene rings is 1. The second-order valence-electron chi connectivity index (χ2n) is 6.20. The number of hydrogen-bond donors (Lipinski definition) is 5. The Morgan fingerprint density at radius 2 is 2.00 bits per heavy atom. The maximum atomic E-state index is 12.6. The Labute approximate surface area is 163 Å². The van der Waals surface area contributed by atoms with Gasteiger partial charge < -0.3 is 25.6 Å². The molecule has 5 N–H and O–H groups in total. The third-order valence-electron chi connectivity index (χ3n) is 4.11. The Balaban J connectivity index is 1.74. The lowest BCUT2D eigenvalue weighted by atomic mass is 10.2. The number of phenolic OH excluding ortho intramolecular Hbond substituents is 1. The molecular formula is C16H17F3N4O5S. The van der Waals surface area contributed by atoms with Crippen molar-refractivity contribution in [3.63, 3.8) is 0 Å². The summed E-state index contributed by atoms with van der Waals surface area (Å²) in [5.41, 5.74) is 0.474. The number of fused-ring (bicyclic) bond motifs is 1. The van der Waals surface area contributed by atoms with Crippen LogP contribution in [0.15, 0.2) is 30.5 Å². The summed E-state index contributed by atoms with van der Waals surface area (Å²) in [5, 5.41) is 22.3. The molecule has 0 spiro atoms. The average Bonchev–Trinajstić information content (AvgIpc) is 2.99. The van der Waals surface area contributed by atoms with Crippen LogP contribution in [-0.4, -0.2) is 41.6 Å². The van der Waals surface area contributed by atoms with Crippen molar-refractivity contribution in [3.8, 4) is 11.5 Å². The monoisotopic (exact) mass is 434 g/mol. The number of anilines is 2. The number of sulfonamides is 1. The first kappa shape index (κ1) is 21.0. The second-order valence-corrected chi connectivity index (χ2v) is 8.09. The summed E-state index contributed by atoms with van der Waals surface area (Å²) in [6.45, 7) is -0.499. The molecule has 1 aromatic heterocycles. The highest BCUT2D eigenvalue weighted by Crippen LogP contribution is 2.40. The fourth-order valence-electron chi connectivity index (χ4n) is 2.61. The van der Waals surface area contributed by atoms with Gasteiger partial charge in [0.25, 0.3) is 10.0 Å². The van der Waals surface area contributed by atoms with Crippen LogP contribution < -0.4 is 20.1 Å². The number of nitrogens with one attached hydrogen (secondary N) is 3. The molecule has 1 aliphatic heterocycles. The number of aromatic hydroxyl groups is 1. The van der Waals surface area contributed by atoms with Crippen molar-refractivity contribution in [1.82, 2.24) is 9.71 Å². The zero-order chi connectivity index (χ0) is 21.4. The van der Waals surface area contributed by atoms with E-state index in [2.05, 4.69) is 20.3 Å². The summed E-state index contributed by atoms with van der Waals surface area (Å²) in [7, 11) is -4.50. The summed E-state index contributed by atoms with van der Waals surface area (Å²) in [5.74, 6) is -0.368. The second kappa shape index (κ2) is 7.24. The number of alkyl halides is 3. The molecule has 2 aromatic rings. The molecule has 0 saturated carbocycles. The predicted octanol–water partition coefficient (Wildman–Crippen LogP) is 1.60. The van der Waals surface area contributed by atoms with E-state index in [4.69, 9.17) is 4.74 Å². The van der Waals surface area contributed by atoms with Crippen molar-refractivity contribution in [1.29, 1.82) is 0 Å². The van der Waals surface area contributed by atoms with Crippen LogP contribution >= 0.6 is 0 Å². The molecule has 0 aliphatic carbocycles. The Kier molecular flexibility index (Phi) is 5.23. The Bertz CT molecular complexity index is 1030. The van der Waals surface area contributed by atoms with Gasteiger partial charge in [0.15, 0.2) is 6.61 Å². The molecule has 0 unspecified atom stereocenters. The summed E-state index contributed by atoms with van der Waals surface area (Å²) in [6, 6.07) is 5.43. The Hall–Kier alpha value is -2.77. The molecule has 9 nitrogen and oxygen atoms in total. The van der Waals surface area contributed by atoms with Crippen molar-refractivity contribution in [2.45, 2.75) is 24.8 Å². The van der Waals surface area contributed by atoms with Gasteiger partial charge in [-0.1, -0.05) is 6.07 Å². The third kappa shape index (κ3) is 4.31. The van der Waals surface area contributed by atoms with Gasteiger partial charge in [-0.05, 0) is 25.1 Å². The number of pyridine rings is 1. The van der Waals surface area contributed by atoms with Crippen LogP contribution in [0.2, 0.25) is 0 Å². The number of phenols is 1. The van der Waals surface area contributed by atoms with Crippen molar-refractivity contribution >= 4 is 21.4 Å². The number of ether oxygens (including phenoxy) is 1. The molecule has 1 aromatic carbocycles. The smallest absolute Gasteiger partial charge is 0.422 e. The summed E-state index contributed by atoms with van der Waals surface area (Å²) < 4.78 is 69.0. The molecule has 2 heterocycles. The van der Waals surface area contributed by atoms with Gasteiger partial charge in [-0.3, -0.25) is 4.98 Å². The van der Waals surface area contributed by atoms with Crippen molar-refractivity contribution in [3.05, 3.63) is 41.7 Å². The highest BCUT2D eigenvalue weighted by Gasteiger charge is 2.47. The molecular weight excluding hydrogens is 417 g/mol. The molecule has 29 heavy (non-hydrogen) atoms. The normalized spacial score (nSPS) is 18.7. The third-order valence-corrected chi connectivity index (χ3v) is 5.62. The maximum Gasteiger partial charge on any atom is 0.422 e. The molecule has 13 heteroatoms. The number of para-hydroxylation sites is 1. The number of aliphatic hydroxyl groups is 1. The lowest BCUT2D eigenvalue weighted by Crippen LogP contribution is -2.54.